The molecule has 2 heterocycles. The number of anilines is 1. The number of esters is 1. The minimum absolute atomic E-state index is 0.0495. The van der Waals surface area contributed by atoms with Gasteiger partial charge in [-0.1, -0.05) is 6.07 Å². The van der Waals surface area contributed by atoms with E-state index in [1.165, 1.54) is 21.1 Å². The van der Waals surface area contributed by atoms with Gasteiger partial charge in [0.2, 0.25) is 10.0 Å². The molecule has 0 unspecified atom stereocenters. The van der Waals surface area contributed by atoms with Gasteiger partial charge in [-0.15, -0.1) is 0 Å². The summed E-state index contributed by atoms with van der Waals surface area (Å²) in [7, 11) is -2.06. The summed E-state index contributed by atoms with van der Waals surface area (Å²) >= 11 is 0. The van der Waals surface area contributed by atoms with Gasteiger partial charge in [-0.25, -0.2) is 13.2 Å². The average molecular weight is 420 g/mol. The first-order chi connectivity index (χ1) is 13.7. The fourth-order valence-electron chi connectivity index (χ4n) is 3.18. The molecular formula is C20H25N3O5S. The van der Waals surface area contributed by atoms with E-state index in [0.29, 0.717) is 18.8 Å². The molecule has 1 amide bonds. The molecule has 1 saturated heterocycles. The first-order valence-electron chi connectivity index (χ1n) is 9.39. The van der Waals surface area contributed by atoms with Crippen LogP contribution in [0.4, 0.5) is 5.69 Å². The van der Waals surface area contributed by atoms with E-state index in [4.69, 9.17) is 4.74 Å². The fraction of sp³-hybridized carbons (Fsp3) is 0.400. The second kappa shape index (κ2) is 8.38. The lowest BCUT2D eigenvalue weighted by molar-refractivity contribution is -0.119. The van der Waals surface area contributed by atoms with E-state index in [-0.39, 0.29) is 10.6 Å². The van der Waals surface area contributed by atoms with E-state index in [0.717, 1.165) is 24.0 Å². The van der Waals surface area contributed by atoms with Gasteiger partial charge in [-0.2, -0.15) is 4.31 Å². The number of carbonyl (C=O) groups excluding carboxylic acids is 2. The lowest BCUT2D eigenvalue weighted by atomic mass is 10.1. The number of rotatable bonds is 6. The monoisotopic (exact) mass is 419 g/mol. The van der Waals surface area contributed by atoms with Crippen LogP contribution in [0.2, 0.25) is 0 Å². The van der Waals surface area contributed by atoms with Gasteiger partial charge >= 0.3 is 5.97 Å². The third-order valence-corrected chi connectivity index (χ3v) is 6.88. The number of amides is 1. The lowest BCUT2D eigenvalue weighted by Crippen LogP contribution is -2.27. The molecule has 0 aliphatic carbocycles. The number of nitrogens with zero attached hydrogens (tertiary/aromatic N) is 2. The third-order valence-electron chi connectivity index (χ3n) is 5.02. The molecule has 1 N–H and O–H groups in total. The number of aryl methyl sites for hydroxylation is 3. The van der Waals surface area contributed by atoms with Crippen molar-refractivity contribution < 1.29 is 22.7 Å². The summed E-state index contributed by atoms with van der Waals surface area (Å²) in [5.41, 5.74) is 2.84. The van der Waals surface area contributed by atoms with Crippen molar-refractivity contribution in [3.8, 4) is 0 Å². The molecule has 3 rings (SSSR count). The fourth-order valence-corrected chi connectivity index (χ4v) is 4.77. The summed E-state index contributed by atoms with van der Waals surface area (Å²) < 4.78 is 33.2. The molecule has 1 fully saturated rings. The molecule has 1 aromatic carbocycles. The highest BCUT2D eigenvalue weighted by Gasteiger charge is 2.29. The zero-order valence-corrected chi connectivity index (χ0v) is 17.6. The predicted molar refractivity (Wildman–Crippen MR) is 108 cm³/mol. The first kappa shape index (κ1) is 21.1. The summed E-state index contributed by atoms with van der Waals surface area (Å²) in [5.74, 6) is -1.23. The number of benzene rings is 1. The van der Waals surface area contributed by atoms with Gasteiger partial charge in [-0.3, -0.25) is 4.79 Å². The molecule has 1 aliphatic heterocycles. The van der Waals surface area contributed by atoms with E-state index in [1.807, 2.05) is 26.0 Å². The van der Waals surface area contributed by atoms with Gasteiger partial charge in [0.05, 0.1) is 0 Å². The average Bonchev–Trinajstić information content (AvgIpc) is 3.33. The predicted octanol–water partition coefficient (Wildman–Crippen LogP) is 2.22. The SMILES string of the molecule is Cc1ccc(NC(=O)COC(=O)c2cc(S(=O)(=O)N3CCCC3)cn2C)cc1C. The van der Waals surface area contributed by atoms with Crippen LogP contribution >= 0.6 is 0 Å². The van der Waals surface area contributed by atoms with Crippen molar-refractivity contribution in [2.24, 2.45) is 7.05 Å². The molecule has 29 heavy (non-hydrogen) atoms. The molecule has 2 aromatic rings. The molecule has 0 spiro atoms. The quantitative estimate of drug-likeness (QED) is 0.724. The summed E-state index contributed by atoms with van der Waals surface area (Å²) in [6.45, 7) is 4.41. The first-order valence-corrected chi connectivity index (χ1v) is 10.8. The molecule has 0 atom stereocenters. The Hall–Kier alpha value is -2.65. The van der Waals surface area contributed by atoms with E-state index < -0.39 is 28.5 Å². The maximum Gasteiger partial charge on any atom is 0.355 e. The van der Waals surface area contributed by atoms with Gasteiger partial charge < -0.3 is 14.6 Å². The van der Waals surface area contributed by atoms with Gasteiger partial charge in [0.1, 0.15) is 10.6 Å². The van der Waals surface area contributed by atoms with Crippen LogP contribution in [0, 0.1) is 13.8 Å². The van der Waals surface area contributed by atoms with Crippen molar-refractivity contribution in [3.05, 3.63) is 47.3 Å². The Labute approximate surface area is 170 Å². The van der Waals surface area contributed by atoms with Crippen molar-refractivity contribution in [1.82, 2.24) is 8.87 Å². The van der Waals surface area contributed by atoms with Gasteiger partial charge in [-0.05, 0) is 56.0 Å². The molecule has 9 heteroatoms. The van der Waals surface area contributed by atoms with Crippen molar-refractivity contribution in [3.63, 3.8) is 0 Å². The topological polar surface area (TPSA) is 97.7 Å². The van der Waals surface area contributed by atoms with Crippen molar-refractivity contribution in [1.29, 1.82) is 0 Å². The summed E-state index contributed by atoms with van der Waals surface area (Å²) in [6, 6.07) is 6.79. The van der Waals surface area contributed by atoms with Crippen LogP contribution in [0.5, 0.6) is 0 Å². The number of aromatic nitrogens is 1. The van der Waals surface area contributed by atoms with E-state index in [9.17, 15) is 18.0 Å². The van der Waals surface area contributed by atoms with E-state index in [2.05, 4.69) is 5.32 Å². The second-order valence-corrected chi connectivity index (χ2v) is 9.14. The van der Waals surface area contributed by atoms with Crippen molar-refractivity contribution in [2.75, 3.05) is 25.0 Å². The Kier molecular flexibility index (Phi) is 6.09. The number of hydrogen-bond acceptors (Lipinski definition) is 5. The number of ether oxygens (including phenoxy) is 1. The number of hydrogen-bond donors (Lipinski definition) is 1. The van der Waals surface area contributed by atoms with Gasteiger partial charge in [0, 0.05) is 32.0 Å². The molecule has 156 valence electrons. The molecule has 1 aliphatic rings. The Bertz CT molecular complexity index is 1040. The van der Waals surface area contributed by atoms with Crippen LogP contribution in [0.15, 0.2) is 35.4 Å². The van der Waals surface area contributed by atoms with Crippen molar-refractivity contribution in [2.45, 2.75) is 31.6 Å². The van der Waals surface area contributed by atoms with Crippen LogP contribution in [0.1, 0.15) is 34.5 Å². The van der Waals surface area contributed by atoms with Gasteiger partial charge in [0.25, 0.3) is 5.91 Å². The van der Waals surface area contributed by atoms with Crippen LogP contribution in [-0.4, -0.2) is 48.9 Å². The highest BCUT2D eigenvalue weighted by Crippen LogP contribution is 2.23. The minimum Gasteiger partial charge on any atom is -0.451 e. The van der Waals surface area contributed by atoms with Crippen LogP contribution in [0.25, 0.3) is 0 Å². The van der Waals surface area contributed by atoms with E-state index in [1.54, 1.807) is 13.1 Å². The van der Waals surface area contributed by atoms with Crippen LogP contribution < -0.4 is 5.32 Å². The molecule has 0 saturated carbocycles. The zero-order valence-electron chi connectivity index (χ0n) is 16.8. The number of nitrogens with one attached hydrogen (secondary N) is 1. The molecular weight excluding hydrogens is 394 g/mol. The Balaban J connectivity index is 1.62. The Morgan fingerprint density at radius 1 is 1.10 bits per heavy atom. The van der Waals surface area contributed by atoms with E-state index >= 15 is 0 Å². The van der Waals surface area contributed by atoms with Gasteiger partial charge in [0.15, 0.2) is 6.61 Å². The minimum atomic E-state index is -3.63. The highest BCUT2D eigenvalue weighted by molar-refractivity contribution is 7.89. The molecule has 0 radical (unpaired) electrons. The zero-order chi connectivity index (χ0) is 21.2. The largest absolute Gasteiger partial charge is 0.451 e. The smallest absolute Gasteiger partial charge is 0.355 e. The molecule has 1 aromatic heterocycles. The standard InChI is InChI=1S/C20H25N3O5S/c1-14-6-7-16(10-15(14)2)21-19(24)13-28-20(25)18-11-17(12-22(18)3)29(26,27)23-8-4-5-9-23/h6-7,10-12H,4-5,8-9,13H2,1-3H3,(H,21,24). The highest BCUT2D eigenvalue weighted by atomic mass is 32.2. The Morgan fingerprint density at radius 2 is 1.79 bits per heavy atom. The van der Waals surface area contributed by atoms with Crippen LogP contribution in [0.3, 0.4) is 0 Å². The maximum absolute atomic E-state index is 12.6. The second-order valence-electron chi connectivity index (χ2n) is 7.21. The number of sulfonamides is 1. The normalized spacial score (nSPS) is 14.7. The summed E-state index contributed by atoms with van der Waals surface area (Å²) in [6.07, 6.45) is 3.05. The Morgan fingerprint density at radius 3 is 2.45 bits per heavy atom. The summed E-state index contributed by atoms with van der Waals surface area (Å²) in [5, 5.41) is 2.67. The third kappa shape index (κ3) is 4.68. The maximum atomic E-state index is 12.6. The number of carbonyl (C=O) groups is 2. The molecule has 8 nitrogen and oxygen atoms in total. The van der Waals surface area contributed by atoms with Crippen molar-refractivity contribution >= 4 is 27.6 Å². The van der Waals surface area contributed by atoms with Crippen LogP contribution in [-0.2, 0) is 26.6 Å². The lowest BCUT2D eigenvalue weighted by Gasteiger charge is -2.13. The molecule has 0 bridgehead atoms. The summed E-state index contributed by atoms with van der Waals surface area (Å²) in [4.78, 5) is 24.5.